The molecule has 1 N–H and O–H groups in total. The first-order valence-electron chi connectivity index (χ1n) is 12.4. The molecular formula is C28H27N7O3. The number of unbranched alkanes of at least 4 members (excludes halogenated alkanes) is 1. The van der Waals surface area contributed by atoms with Gasteiger partial charge in [0.2, 0.25) is 5.69 Å². The number of aromatic amines is 1. The van der Waals surface area contributed by atoms with Crippen LogP contribution in [0.1, 0.15) is 41.6 Å². The van der Waals surface area contributed by atoms with Gasteiger partial charge in [0.15, 0.2) is 17.7 Å². The van der Waals surface area contributed by atoms with Crippen molar-refractivity contribution in [2.24, 2.45) is 0 Å². The number of esters is 1. The zero-order valence-corrected chi connectivity index (χ0v) is 21.2. The molecule has 0 aliphatic rings. The van der Waals surface area contributed by atoms with Gasteiger partial charge in [0.1, 0.15) is 5.82 Å². The highest BCUT2D eigenvalue weighted by molar-refractivity contribution is 5.89. The van der Waals surface area contributed by atoms with E-state index >= 15 is 0 Å². The van der Waals surface area contributed by atoms with Crippen LogP contribution in [0.5, 0.6) is 0 Å². The summed E-state index contributed by atoms with van der Waals surface area (Å²) < 4.78 is 7.73. The van der Waals surface area contributed by atoms with Gasteiger partial charge in [-0.2, -0.15) is 4.73 Å². The third kappa shape index (κ3) is 5.01. The number of H-pyrrole nitrogens is 1. The van der Waals surface area contributed by atoms with Crippen molar-refractivity contribution in [2.75, 3.05) is 7.11 Å². The van der Waals surface area contributed by atoms with Crippen LogP contribution in [-0.2, 0) is 17.7 Å². The van der Waals surface area contributed by atoms with Gasteiger partial charge in [-0.05, 0) is 45.7 Å². The molecule has 0 unspecified atom stereocenters. The third-order valence-electron chi connectivity index (χ3n) is 6.36. The second-order valence-corrected chi connectivity index (χ2v) is 8.85. The van der Waals surface area contributed by atoms with Gasteiger partial charge in [-0.25, -0.2) is 14.9 Å². The number of aromatic nitrogens is 7. The minimum atomic E-state index is -0.465. The van der Waals surface area contributed by atoms with E-state index in [0.29, 0.717) is 18.1 Å². The fraction of sp³-hybridized carbons (Fsp3) is 0.214. The van der Waals surface area contributed by atoms with Gasteiger partial charge in [-0.3, -0.25) is 0 Å². The van der Waals surface area contributed by atoms with E-state index in [4.69, 9.17) is 4.74 Å². The number of carbonyl (C=O) groups excluding carboxylic acids is 1. The lowest BCUT2D eigenvalue weighted by molar-refractivity contribution is -0.593. The molecule has 5 aromatic rings. The highest BCUT2D eigenvalue weighted by Gasteiger charge is 2.20. The van der Waals surface area contributed by atoms with Crippen LogP contribution < -0.4 is 4.73 Å². The number of tetrazole rings is 1. The number of ether oxygens (including phenoxy) is 1. The normalized spacial score (nSPS) is 11.0. The molecule has 0 spiro atoms. The Morgan fingerprint density at radius 1 is 1.05 bits per heavy atom. The molecule has 0 aliphatic carbocycles. The largest absolute Gasteiger partial charge is 0.618 e. The molecule has 0 fully saturated rings. The Hall–Kier alpha value is -4.86. The summed E-state index contributed by atoms with van der Waals surface area (Å²) in [6, 6.07) is 19.2. The molecule has 0 radical (unpaired) electrons. The molecule has 10 nitrogen and oxygen atoms in total. The van der Waals surface area contributed by atoms with Crippen LogP contribution in [-0.4, -0.2) is 43.3 Å². The van der Waals surface area contributed by atoms with E-state index in [0.717, 1.165) is 57.6 Å². The first kappa shape index (κ1) is 24.8. The van der Waals surface area contributed by atoms with Gasteiger partial charge in [0, 0.05) is 36.9 Å². The summed E-state index contributed by atoms with van der Waals surface area (Å²) in [4.78, 5) is 16.7. The second kappa shape index (κ2) is 11.0. The molecule has 0 atom stereocenters. The molecule has 10 heteroatoms. The Morgan fingerprint density at radius 3 is 2.58 bits per heavy atom. The van der Waals surface area contributed by atoms with Crippen molar-refractivity contribution in [3.63, 3.8) is 0 Å². The van der Waals surface area contributed by atoms with Crippen molar-refractivity contribution in [3.05, 3.63) is 95.3 Å². The van der Waals surface area contributed by atoms with Crippen LogP contribution in [0.15, 0.2) is 73.1 Å². The lowest BCUT2D eigenvalue weighted by Gasteiger charge is -2.15. The standard InChI is InChI=1S/C28H27N7O3/c1-3-4-12-26-29-24(28(36)38-2)18-34(26)17-19-13-14-21(23(16-19)25-11-7-8-15-35(25)37)20-9-5-6-10-22(20)27-30-32-33-31-27/h5-11,13-16,18H,3-4,12,17H2,1-2H3,(H,30,31,32,33). The van der Waals surface area contributed by atoms with E-state index in [1.165, 1.54) is 13.3 Å². The average Bonchev–Trinajstić information content (AvgIpc) is 3.62. The Labute approximate surface area is 219 Å². The molecule has 3 aromatic heterocycles. The van der Waals surface area contributed by atoms with Crippen molar-refractivity contribution in [3.8, 4) is 33.8 Å². The minimum Gasteiger partial charge on any atom is -0.618 e. The van der Waals surface area contributed by atoms with E-state index < -0.39 is 5.97 Å². The van der Waals surface area contributed by atoms with E-state index in [1.54, 1.807) is 18.3 Å². The summed E-state index contributed by atoms with van der Waals surface area (Å²) in [5.41, 5.74) is 5.09. The summed E-state index contributed by atoms with van der Waals surface area (Å²) in [5.74, 6) is 0.889. The Kier molecular flexibility index (Phi) is 7.21. The maximum Gasteiger partial charge on any atom is 0.358 e. The van der Waals surface area contributed by atoms with Gasteiger partial charge < -0.3 is 14.5 Å². The van der Waals surface area contributed by atoms with Crippen LogP contribution in [0.4, 0.5) is 0 Å². The summed E-state index contributed by atoms with van der Waals surface area (Å²) in [7, 11) is 1.35. The van der Waals surface area contributed by atoms with Crippen LogP contribution >= 0.6 is 0 Å². The number of aryl methyl sites for hydroxylation is 1. The number of methoxy groups -OCH3 is 1. The van der Waals surface area contributed by atoms with Crippen LogP contribution in [0.25, 0.3) is 33.8 Å². The lowest BCUT2D eigenvalue weighted by Crippen LogP contribution is -2.28. The molecule has 192 valence electrons. The highest BCUT2D eigenvalue weighted by atomic mass is 16.5. The SMILES string of the molecule is CCCCc1nc(C(=O)OC)cn1Cc1ccc(-c2ccccc2-c2nnn[nH]2)c(-c2cccc[n+]2[O-])c1. The monoisotopic (exact) mass is 509 g/mol. The molecule has 38 heavy (non-hydrogen) atoms. The van der Waals surface area contributed by atoms with Gasteiger partial charge >= 0.3 is 5.97 Å². The molecule has 0 saturated heterocycles. The van der Waals surface area contributed by atoms with Crippen molar-refractivity contribution in [1.29, 1.82) is 0 Å². The lowest BCUT2D eigenvalue weighted by atomic mass is 9.92. The first-order chi connectivity index (χ1) is 18.6. The maximum atomic E-state index is 12.9. The van der Waals surface area contributed by atoms with E-state index in [1.807, 2.05) is 53.1 Å². The molecule has 0 aliphatic heterocycles. The predicted octanol–water partition coefficient (Wildman–Crippen LogP) is 4.21. The van der Waals surface area contributed by atoms with E-state index in [-0.39, 0.29) is 5.69 Å². The van der Waals surface area contributed by atoms with Crippen molar-refractivity contribution in [2.45, 2.75) is 32.7 Å². The number of nitrogens with zero attached hydrogens (tertiary/aromatic N) is 6. The van der Waals surface area contributed by atoms with Crippen LogP contribution in [0, 0.1) is 5.21 Å². The number of carbonyl (C=O) groups is 1. The average molecular weight is 510 g/mol. The number of imidazole rings is 1. The predicted molar refractivity (Wildman–Crippen MR) is 141 cm³/mol. The summed E-state index contributed by atoms with van der Waals surface area (Å²) in [6.07, 6.45) is 5.93. The Bertz CT molecular complexity index is 1560. The fourth-order valence-corrected chi connectivity index (χ4v) is 4.50. The maximum absolute atomic E-state index is 12.9. The van der Waals surface area contributed by atoms with Crippen LogP contribution in [0.2, 0.25) is 0 Å². The number of hydrogen-bond acceptors (Lipinski definition) is 7. The molecule has 0 amide bonds. The highest BCUT2D eigenvalue weighted by Crippen LogP contribution is 2.36. The molecule has 5 rings (SSSR count). The number of pyridine rings is 1. The summed E-state index contributed by atoms with van der Waals surface area (Å²) >= 11 is 0. The molecular weight excluding hydrogens is 482 g/mol. The third-order valence-corrected chi connectivity index (χ3v) is 6.36. The van der Waals surface area contributed by atoms with Gasteiger partial charge in [-0.15, -0.1) is 5.10 Å². The van der Waals surface area contributed by atoms with Crippen LogP contribution in [0.3, 0.4) is 0 Å². The number of nitrogens with one attached hydrogen (secondary N) is 1. The second-order valence-electron chi connectivity index (χ2n) is 8.85. The van der Waals surface area contributed by atoms with E-state index in [2.05, 4.69) is 32.5 Å². The van der Waals surface area contributed by atoms with Gasteiger partial charge in [0.05, 0.1) is 12.7 Å². The Balaban J connectivity index is 1.62. The fourth-order valence-electron chi connectivity index (χ4n) is 4.50. The molecule has 0 bridgehead atoms. The van der Waals surface area contributed by atoms with Crippen molar-refractivity contribution < 1.29 is 14.3 Å². The van der Waals surface area contributed by atoms with Crippen molar-refractivity contribution in [1.82, 2.24) is 30.2 Å². The minimum absolute atomic E-state index is 0.283. The Morgan fingerprint density at radius 2 is 1.84 bits per heavy atom. The van der Waals surface area contributed by atoms with Crippen molar-refractivity contribution >= 4 is 5.97 Å². The molecule has 2 aromatic carbocycles. The zero-order chi connectivity index (χ0) is 26.5. The smallest absolute Gasteiger partial charge is 0.358 e. The molecule has 0 saturated carbocycles. The number of rotatable bonds is 9. The topological polar surface area (TPSA) is 126 Å². The van der Waals surface area contributed by atoms with Gasteiger partial charge in [-0.1, -0.05) is 49.7 Å². The molecule has 3 heterocycles. The number of benzene rings is 2. The summed E-state index contributed by atoms with van der Waals surface area (Å²) in [6.45, 7) is 2.60. The number of hydrogen-bond donors (Lipinski definition) is 1. The quantitative estimate of drug-likeness (QED) is 0.179. The zero-order valence-electron chi connectivity index (χ0n) is 21.2. The first-order valence-corrected chi connectivity index (χ1v) is 12.4. The summed E-state index contributed by atoms with van der Waals surface area (Å²) in [5, 5.41) is 27.2. The van der Waals surface area contributed by atoms with E-state index in [9.17, 15) is 10.0 Å². The van der Waals surface area contributed by atoms with Gasteiger partial charge in [0.25, 0.3) is 0 Å².